The van der Waals surface area contributed by atoms with E-state index in [1.54, 1.807) is 62.8 Å². The molecular weight excluding hydrogens is 658 g/mol. The molecule has 0 fully saturated rings. The number of nitrogens with zero attached hydrogens (tertiary/aromatic N) is 1. The van der Waals surface area contributed by atoms with Crippen molar-refractivity contribution in [2.24, 2.45) is 5.16 Å². The minimum Gasteiger partial charge on any atom is -0.497 e. The minimum absolute atomic E-state index is 0.228. The van der Waals surface area contributed by atoms with Gasteiger partial charge in [-0.3, -0.25) is 4.79 Å². The van der Waals surface area contributed by atoms with Crippen LogP contribution < -0.4 is 29.6 Å². The van der Waals surface area contributed by atoms with Crippen molar-refractivity contribution < 1.29 is 49.0 Å². The normalized spacial score (nSPS) is 16.4. The van der Waals surface area contributed by atoms with E-state index >= 15 is 0 Å². The zero-order valence-electron chi connectivity index (χ0n) is 28.3. The first-order valence-electron chi connectivity index (χ1n) is 16.5. The minimum atomic E-state index is -0.485. The molecule has 6 rings (SSSR count). The summed E-state index contributed by atoms with van der Waals surface area (Å²) in [4.78, 5) is 18.5. The molecule has 2 aliphatic heterocycles. The number of nitrogens with one attached hydrogen (secondary N) is 2. The Hall–Kier alpha value is -5.34. The molecule has 13 heteroatoms. The quantitative estimate of drug-likeness (QED) is 0.0978. The number of benzene rings is 4. The fraction of sp³-hybridized carbons (Fsp3) is 0.316. The van der Waals surface area contributed by atoms with Crippen LogP contribution in [0.2, 0.25) is 0 Å². The average Bonchev–Trinajstić information content (AvgIpc) is 3.67. The summed E-state index contributed by atoms with van der Waals surface area (Å²) in [6.07, 6.45) is 0.0764. The Kier molecular flexibility index (Phi) is 11.2. The number of methoxy groups -OCH3 is 2. The molecule has 4 aromatic rings. The van der Waals surface area contributed by atoms with Gasteiger partial charge in [0.1, 0.15) is 17.7 Å². The van der Waals surface area contributed by atoms with Gasteiger partial charge in [0.05, 0.1) is 65.1 Å². The Bertz CT molecular complexity index is 1890. The lowest BCUT2D eigenvalue weighted by molar-refractivity contribution is 0.0853. The van der Waals surface area contributed by atoms with Crippen molar-refractivity contribution in [3.8, 4) is 23.0 Å². The first-order chi connectivity index (χ1) is 24.9. The van der Waals surface area contributed by atoms with Gasteiger partial charge in [-0.1, -0.05) is 11.2 Å². The number of carbonyl (C=O) groups excluding carboxylic acids is 1. The number of oxime groups is 1. The van der Waals surface area contributed by atoms with Crippen molar-refractivity contribution in [2.75, 3.05) is 32.8 Å². The number of rotatable bonds is 15. The van der Waals surface area contributed by atoms with E-state index in [-0.39, 0.29) is 32.3 Å². The van der Waals surface area contributed by atoms with Crippen LogP contribution in [0, 0.1) is 0 Å². The number of carbonyl (C=O) groups is 1. The van der Waals surface area contributed by atoms with E-state index in [4.69, 9.17) is 23.8 Å². The molecule has 6 N–H and O–H groups in total. The zero-order chi connectivity index (χ0) is 35.9. The summed E-state index contributed by atoms with van der Waals surface area (Å²) in [7, 11) is 3.11. The monoisotopic (exact) mass is 699 g/mol. The van der Waals surface area contributed by atoms with Gasteiger partial charge in [0.25, 0.3) is 5.91 Å². The third-order valence-corrected chi connectivity index (χ3v) is 8.93. The Morgan fingerprint density at radius 2 is 1.45 bits per heavy atom. The highest BCUT2D eigenvalue weighted by atomic mass is 16.6. The highest BCUT2D eigenvalue weighted by Crippen LogP contribution is 2.36. The van der Waals surface area contributed by atoms with Crippen molar-refractivity contribution >= 4 is 17.3 Å². The molecule has 13 nitrogen and oxygen atoms in total. The van der Waals surface area contributed by atoms with Crippen molar-refractivity contribution in [1.82, 2.24) is 5.32 Å². The van der Waals surface area contributed by atoms with Crippen LogP contribution in [0.5, 0.6) is 23.0 Å². The first kappa shape index (κ1) is 35.5. The predicted octanol–water partition coefficient (Wildman–Crippen LogP) is 4.24. The van der Waals surface area contributed by atoms with Crippen LogP contribution in [0.25, 0.3) is 0 Å². The van der Waals surface area contributed by atoms with Crippen molar-refractivity contribution in [3.05, 3.63) is 111 Å². The largest absolute Gasteiger partial charge is 0.497 e. The van der Waals surface area contributed by atoms with Gasteiger partial charge in [0, 0.05) is 29.7 Å². The fourth-order valence-electron chi connectivity index (χ4n) is 6.19. The molecule has 2 unspecified atom stereocenters. The Morgan fingerprint density at radius 3 is 2.14 bits per heavy atom. The second kappa shape index (κ2) is 16.1. The number of aliphatic hydroxyl groups is 4. The molecule has 268 valence electrons. The molecule has 0 aliphatic carbocycles. The molecule has 2 atom stereocenters. The molecule has 0 bridgehead atoms. The maximum Gasteiger partial charge on any atom is 0.255 e. The average molecular weight is 700 g/mol. The molecule has 0 aromatic heterocycles. The Labute approximate surface area is 295 Å². The molecule has 0 saturated carbocycles. The van der Waals surface area contributed by atoms with Crippen LogP contribution in [-0.2, 0) is 31.3 Å². The third kappa shape index (κ3) is 7.71. The molecule has 2 heterocycles. The Balaban J connectivity index is 1.04. The number of amides is 1. The zero-order valence-corrected chi connectivity index (χ0v) is 28.3. The van der Waals surface area contributed by atoms with E-state index in [2.05, 4.69) is 15.8 Å². The van der Waals surface area contributed by atoms with E-state index in [0.29, 0.717) is 88.3 Å². The maximum atomic E-state index is 12.8. The second-order valence-corrected chi connectivity index (χ2v) is 12.0. The summed E-state index contributed by atoms with van der Waals surface area (Å²) in [6.45, 7) is -0.434. The van der Waals surface area contributed by atoms with Gasteiger partial charge in [-0.2, -0.15) is 0 Å². The first-order valence-corrected chi connectivity index (χ1v) is 16.5. The van der Waals surface area contributed by atoms with Gasteiger partial charge in [0.2, 0.25) is 0 Å². The molecule has 0 spiro atoms. The van der Waals surface area contributed by atoms with Crippen molar-refractivity contribution in [3.63, 3.8) is 0 Å². The van der Waals surface area contributed by atoms with Gasteiger partial charge >= 0.3 is 0 Å². The summed E-state index contributed by atoms with van der Waals surface area (Å²) in [6, 6.07) is 19.7. The lowest BCUT2D eigenvalue weighted by atomic mass is 9.93. The number of aliphatic hydroxyl groups excluding tert-OH is 4. The molecule has 0 saturated heterocycles. The predicted molar refractivity (Wildman–Crippen MR) is 187 cm³/mol. The number of hydrogen-bond donors (Lipinski definition) is 6. The smallest absolute Gasteiger partial charge is 0.255 e. The number of hydrogen-bond acceptors (Lipinski definition) is 12. The third-order valence-electron chi connectivity index (χ3n) is 8.93. The fourth-order valence-corrected chi connectivity index (χ4v) is 6.19. The van der Waals surface area contributed by atoms with Crippen LogP contribution in [0.4, 0.5) is 5.69 Å². The van der Waals surface area contributed by atoms with E-state index in [9.17, 15) is 25.2 Å². The molecule has 0 radical (unpaired) electrons. The summed E-state index contributed by atoms with van der Waals surface area (Å²) in [5.74, 6) is 1.98. The second-order valence-electron chi connectivity index (χ2n) is 12.0. The van der Waals surface area contributed by atoms with E-state index < -0.39 is 12.3 Å². The van der Waals surface area contributed by atoms with E-state index in [1.165, 1.54) is 0 Å². The van der Waals surface area contributed by atoms with Gasteiger partial charge in [0.15, 0.2) is 17.6 Å². The summed E-state index contributed by atoms with van der Waals surface area (Å²) in [5.41, 5.74) is 6.34. The molecular formula is C38H41N3O10. The molecule has 1 amide bonds. The standard InChI is InChI=1S/C38H41N3O10/c1-47-28-6-7-31-29(16-28)38(46)40-37(39-31)23-5-8-33(27(12-23)20-44)49-10-3-11-50-36-15-22(4-9-34(36)48-2)32-17-35(51-41-32)24-13-25(18-42)30(21-45)26(14-24)19-43/h4-9,12-16,35,37,39,42-45H,3,10-11,17-21H2,1-2H3,(H,40,46). The van der Waals surface area contributed by atoms with Crippen molar-refractivity contribution in [1.29, 1.82) is 0 Å². The van der Waals surface area contributed by atoms with Crippen LogP contribution in [-0.4, -0.2) is 59.5 Å². The molecule has 4 aromatic carbocycles. The van der Waals surface area contributed by atoms with Gasteiger partial charge in [-0.05, 0) is 88.5 Å². The van der Waals surface area contributed by atoms with Gasteiger partial charge in [-0.25, -0.2) is 0 Å². The van der Waals surface area contributed by atoms with Crippen LogP contribution in [0.15, 0.2) is 71.9 Å². The van der Waals surface area contributed by atoms with Crippen molar-refractivity contribution in [2.45, 2.75) is 51.5 Å². The van der Waals surface area contributed by atoms with Crippen LogP contribution in [0.1, 0.15) is 74.4 Å². The van der Waals surface area contributed by atoms with Gasteiger partial charge < -0.3 is 54.8 Å². The summed E-state index contributed by atoms with van der Waals surface area (Å²) >= 11 is 0. The highest BCUT2D eigenvalue weighted by molar-refractivity contribution is 6.02. The number of ether oxygens (including phenoxy) is 4. The molecule has 51 heavy (non-hydrogen) atoms. The van der Waals surface area contributed by atoms with Crippen LogP contribution in [0.3, 0.4) is 0 Å². The topological polar surface area (TPSA) is 181 Å². The lowest BCUT2D eigenvalue weighted by Crippen LogP contribution is -2.38. The molecule has 2 aliphatic rings. The summed E-state index contributed by atoms with van der Waals surface area (Å²) < 4.78 is 22.8. The van der Waals surface area contributed by atoms with Gasteiger partial charge in [-0.15, -0.1) is 0 Å². The lowest BCUT2D eigenvalue weighted by Gasteiger charge is -2.29. The highest BCUT2D eigenvalue weighted by Gasteiger charge is 2.27. The van der Waals surface area contributed by atoms with E-state index in [1.807, 2.05) is 18.2 Å². The number of fused-ring (bicyclic) bond motifs is 1. The SMILES string of the molecule is COc1ccc2c(c1)C(=O)NC(c1ccc(OCCCOc3cc(C4=NOC(c5cc(CO)c(CO)c(CO)c5)C4)ccc3OC)c(CO)c1)N2. The van der Waals surface area contributed by atoms with E-state index in [0.717, 1.165) is 16.7 Å². The van der Waals surface area contributed by atoms with Crippen LogP contribution >= 0.6 is 0 Å². The Morgan fingerprint density at radius 1 is 0.745 bits per heavy atom. The maximum absolute atomic E-state index is 12.8. The summed E-state index contributed by atoms with van der Waals surface area (Å²) in [5, 5.41) is 50.0. The number of anilines is 1.